The Labute approximate surface area is 135 Å². The minimum Gasteiger partial charge on any atom is -0.506 e. The summed E-state index contributed by atoms with van der Waals surface area (Å²) in [6, 6.07) is 1.76. The molecule has 0 aliphatic heterocycles. The Morgan fingerprint density at radius 2 is 1.74 bits per heavy atom. The monoisotopic (exact) mass is 450 g/mol. The summed E-state index contributed by atoms with van der Waals surface area (Å²) < 4.78 is 3.58. The highest BCUT2D eigenvalue weighted by atomic mass is 79.9. The fourth-order valence-corrected chi connectivity index (χ4v) is 3.78. The van der Waals surface area contributed by atoms with Crippen molar-refractivity contribution >= 4 is 54.0 Å². The third kappa shape index (κ3) is 2.90. The van der Waals surface area contributed by atoms with E-state index in [1.54, 1.807) is 17.0 Å². The molecule has 0 aliphatic rings. The molecule has 0 radical (unpaired) electrons. The molecular formula is C11H9Br3N4O. The third-order valence-corrected chi connectivity index (χ3v) is 4.50. The van der Waals surface area contributed by atoms with Gasteiger partial charge in [0.05, 0.1) is 15.2 Å². The second kappa shape index (κ2) is 5.72. The van der Waals surface area contributed by atoms with E-state index in [0.717, 1.165) is 10.0 Å². The molecule has 5 nitrogen and oxygen atoms in total. The first-order valence-electron chi connectivity index (χ1n) is 5.21. The van der Waals surface area contributed by atoms with E-state index in [4.69, 9.17) is 0 Å². The fraction of sp³-hybridized carbons (Fsp3) is 0.182. The van der Waals surface area contributed by atoms with Gasteiger partial charge in [-0.15, -0.1) is 10.2 Å². The minimum absolute atomic E-state index is 0.127. The van der Waals surface area contributed by atoms with Crippen LogP contribution in [0.3, 0.4) is 0 Å². The van der Waals surface area contributed by atoms with Crippen LogP contribution in [0.5, 0.6) is 5.75 Å². The number of aryl methyl sites for hydroxylation is 2. The molecule has 0 unspecified atom stereocenters. The quantitative estimate of drug-likeness (QED) is 0.705. The molecule has 1 aromatic heterocycles. The van der Waals surface area contributed by atoms with Crippen molar-refractivity contribution in [3.05, 3.63) is 36.7 Å². The molecule has 100 valence electrons. The summed E-state index contributed by atoms with van der Waals surface area (Å²) in [5.41, 5.74) is 0.730. The van der Waals surface area contributed by atoms with Crippen molar-refractivity contribution in [2.75, 3.05) is 0 Å². The lowest BCUT2D eigenvalue weighted by Crippen LogP contribution is -1.97. The van der Waals surface area contributed by atoms with Gasteiger partial charge >= 0.3 is 0 Å². The van der Waals surface area contributed by atoms with Gasteiger partial charge in [-0.2, -0.15) is 5.10 Å². The lowest BCUT2D eigenvalue weighted by molar-refractivity contribution is 0.468. The van der Waals surface area contributed by atoms with Gasteiger partial charge in [0.2, 0.25) is 0 Å². The maximum absolute atomic E-state index is 9.87. The van der Waals surface area contributed by atoms with Crippen molar-refractivity contribution in [3.8, 4) is 5.75 Å². The summed E-state index contributed by atoms with van der Waals surface area (Å²) in [7, 11) is 0. The molecule has 2 rings (SSSR count). The second-order valence-electron chi connectivity index (χ2n) is 3.77. The topological polar surface area (TPSA) is 63.3 Å². The molecule has 0 amide bonds. The summed E-state index contributed by atoms with van der Waals surface area (Å²) in [6.07, 6.45) is 1.63. The molecular weight excluding hydrogens is 444 g/mol. The number of nitrogens with zero attached hydrogens (tertiary/aromatic N) is 4. The smallest absolute Gasteiger partial charge is 0.151 e. The second-order valence-corrected chi connectivity index (χ2v) is 6.27. The van der Waals surface area contributed by atoms with Crippen molar-refractivity contribution in [3.63, 3.8) is 0 Å². The summed E-state index contributed by atoms with van der Waals surface area (Å²) in [6.45, 7) is 3.64. The summed E-state index contributed by atoms with van der Waals surface area (Å²) >= 11 is 10.0. The Bertz CT molecular complexity index is 647. The average molecular weight is 453 g/mol. The zero-order valence-corrected chi connectivity index (χ0v) is 14.8. The largest absolute Gasteiger partial charge is 0.506 e. The molecule has 0 bridgehead atoms. The van der Waals surface area contributed by atoms with E-state index in [9.17, 15) is 5.11 Å². The van der Waals surface area contributed by atoms with Crippen LogP contribution in [0.2, 0.25) is 0 Å². The van der Waals surface area contributed by atoms with E-state index in [-0.39, 0.29) is 5.75 Å². The average Bonchev–Trinajstić information content (AvgIpc) is 2.67. The van der Waals surface area contributed by atoms with E-state index in [1.165, 1.54) is 0 Å². The van der Waals surface area contributed by atoms with E-state index in [1.807, 2.05) is 13.8 Å². The molecule has 0 atom stereocenters. The number of phenols is 1. The normalized spacial score (nSPS) is 11.4. The first-order chi connectivity index (χ1) is 8.91. The molecule has 1 N–H and O–H groups in total. The number of hydrogen-bond donors (Lipinski definition) is 1. The number of aromatic hydroxyl groups is 1. The number of hydrogen-bond acceptors (Lipinski definition) is 4. The van der Waals surface area contributed by atoms with Crippen molar-refractivity contribution in [2.45, 2.75) is 13.8 Å². The molecule has 0 fully saturated rings. The predicted octanol–water partition coefficient (Wildman–Crippen LogP) is 3.77. The van der Waals surface area contributed by atoms with Gasteiger partial charge in [-0.1, -0.05) is 15.9 Å². The van der Waals surface area contributed by atoms with Gasteiger partial charge in [0, 0.05) is 10.0 Å². The predicted molar refractivity (Wildman–Crippen MR) is 83.7 cm³/mol. The Kier molecular flexibility index (Phi) is 4.42. The summed E-state index contributed by atoms with van der Waals surface area (Å²) in [5, 5.41) is 22.0. The highest BCUT2D eigenvalue weighted by Gasteiger charge is 2.12. The van der Waals surface area contributed by atoms with Crippen LogP contribution in [0.15, 0.2) is 24.6 Å². The zero-order chi connectivity index (χ0) is 14.2. The van der Waals surface area contributed by atoms with Crippen LogP contribution < -0.4 is 0 Å². The first kappa shape index (κ1) is 14.7. The van der Waals surface area contributed by atoms with Gasteiger partial charge in [0.1, 0.15) is 5.75 Å². The number of rotatable bonds is 2. The maximum Gasteiger partial charge on any atom is 0.151 e. The zero-order valence-electron chi connectivity index (χ0n) is 10.0. The molecule has 2 aromatic rings. The third-order valence-electron chi connectivity index (χ3n) is 2.44. The number of benzene rings is 1. The van der Waals surface area contributed by atoms with Crippen LogP contribution >= 0.6 is 47.8 Å². The SMILES string of the molecule is Cc1nnc(C)n1/N=C/c1c(Br)cc(Br)c(O)c1Br. The minimum atomic E-state index is 0.127. The molecule has 19 heavy (non-hydrogen) atoms. The Balaban J connectivity index is 2.48. The molecule has 0 saturated heterocycles. The van der Waals surface area contributed by atoms with Gasteiger partial charge in [-0.05, 0) is 51.8 Å². The molecule has 1 aromatic carbocycles. The molecule has 8 heteroatoms. The number of aromatic nitrogens is 3. The van der Waals surface area contributed by atoms with Crippen molar-refractivity contribution in [2.24, 2.45) is 5.10 Å². The van der Waals surface area contributed by atoms with E-state index in [2.05, 4.69) is 63.1 Å². The lowest BCUT2D eigenvalue weighted by atomic mass is 10.2. The fourth-order valence-electron chi connectivity index (χ4n) is 1.46. The van der Waals surface area contributed by atoms with Gasteiger partial charge in [0.25, 0.3) is 0 Å². The highest BCUT2D eigenvalue weighted by molar-refractivity contribution is 9.11. The van der Waals surface area contributed by atoms with Crippen molar-refractivity contribution < 1.29 is 5.11 Å². The van der Waals surface area contributed by atoms with E-state index < -0.39 is 0 Å². The standard InChI is InChI=1S/C11H9Br3N4O/c1-5-16-17-6(2)18(5)15-4-7-8(12)3-9(13)11(19)10(7)14/h3-4,19H,1-2H3/b15-4+. The van der Waals surface area contributed by atoms with Crippen molar-refractivity contribution in [1.82, 2.24) is 14.9 Å². The van der Waals surface area contributed by atoms with Crippen LogP contribution in [0, 0.1) is 13.8 Å². The Hall–Kier alpha value is -0.730. The molecule has 0 spiro atoms. The van der Waals surface area contributed by atoms with Gasteiger partial charge in [0.15, 0.2) is 11.6 Å². The summed E-state index contributed by atoms with van der Waals surface area (Å²) in [5.74, 6) is 1.52. The van der Waals surface area contributed by atoms with E-state index >= 15 is 0 Å². The summed E-state index contributed by atoms with van der Waals surface area (Å²) in [4.78, 5) is 0. The number of halogens is 3. The highest BCUT2D eigenvalue weighted by Crippen LogP contribution is 2.38. The van der Waals surface area contributed by atoms with Crippen LogP contribution in [-0.2, 0) is 0 Å². The van der Waals surface area contributed by atoms with Gasteiger partial charge in [-0.3, -0.25) is 0 Å². The van der Waals surface area contributed by atoms with Crippen LogP contribution in [0.4, 0.5) is 0 Å². The van der Waals surface area contributed by atoms with Crippen LogP contribution in [0.25, 0.3) is 0 Å². The van der Waals surface area contributed by atoms with E-state index in [0.29, 0.717) is 20.6 Å². The maximum atomic E-state index is 9.87. The Morgan fingerprint density at radius 3 is 2.32 bits per heavy atom. The van der Waals surface area contributed by atoms with Gasteiger partial charge in [-0.25, -0.2) is 4.68 Å². The molecule has 1 heterocycles. The number of phenolic OH excluding ortho intramolecular Hbond substituents is 1. The molecule has 0 aliphatic carbocycles. The van der Waals surface area contributed by atoms with Gasteiger partial charge < -0.3 is 5.11 Å². The van der Waals surface area contributed by atoms with Crippen molar-refractivity contribution in [1.29, 1.82) is 0 Å². The first-order valence-corrected chi connectivity index (χ1v) is 7.59. The lowest BCUT2D eigenvalue weighted by Gasteiger charge is -2.07. The molecule has 0 saturated carbocycles. The Morgan fingerprint density at radius 1 is 1.16 bits per heavy atom. The van der Waals surface area contributed by atoms with Crippen LogP contribution in [0.1, 0.15) is 17.2 Å². The van der Waals surface area contributed by atoms with Crippen LogP contribution in [-0.4, -0.2) is 26.2 Å².